The number of pyridine rings is 1. The van der Waals surface area contributed by atoms with Gasteiger partial charge in [0.15, 0.2) is 5.58 Å². The van der Waals surface area contributed by atoms with Crippen LogP contribution in [-0.2, 0) is 6.54 Å². The van der Waals surface area contributed by atoms with E-state index in [-0.39, 0.29) is 0 Å². The quantitative estimate of drug-likeness (QED) is 0.334. The number of aromatic nitrogens is 3. The van der Waals surface area contributed by atoms with Crippen LogP contribution in [0.2, 0.25) is 5.02 Å². The van der Waals surface area contributed by atoms with Crippen LogP contribution >= 0.6 is 11.6 Å². The summed E-state index contributed by atoms with van der Waals surface area (Å²) in [6.07, 6.45) is 9.57. The molecule has 0 bridgehead atoms. The van der Waals surface area contributed by atoms with Crippen LogP contribution in [0, 0.1) is 26.7 Å². The molecule has 166 valence electrons. The number of terminal acetylenes is 1. The van der Waals surface area contributed by atoms with Crippen molar-refractivity contribution in [3.63, 3.8) is 0 Å². The first-order valence-corrected chi connectivity index (χ1v) is 10.3. The highest BCUT2D eigenvalue weighted by Crippen LogP contribution is 2.38. The monoisotopic (exact) mass is 461 g/mol. The maximum absolute atomic E-state index is 12.7. The topological polar surface area (TPSA) is 83.3 Å². The molecule has 0 spiro atoms. The van der Waals surface area contributed by atoms with Crippen LogP contribution in [0.1, 0.15) is 17.0 Å². The Labute approximate surface area is 194 Å². The third-order valence-corrected chi connectivity index (χ3v) is 5.58. The van der Waals surface area contributed by atoms with E-state index < -0.39 is 5.76 Å². The smallest absolute Gasteiger partial charge is 0.420 e. The van der Waals surface area contributed by atoms with Crippen molar-refractivity contribution in [3.05, 3.63) is 75.2 Å². The van der Waals surface area contributed by atoms with Crippen LogP contribution in [0.25, 0.3) is 33.1 Å². The van der Waals surface area contributed by atoms with Gasteiger partial charge in [-0.1, -0.05) is 28.9 Å². The first-order chi connectivity index (χ1) is 16.0. The molecule has 33 heavy (non-hydrogen) atoms. The third kappa shape index (κ3) is 3.86. The fourth-order valence-electron chi connectivity index (χ4n) is 3.97. The van der Waals surface area contributed by atoms with Gasteiger partial charge < -0.3 is 13.7 Å². The summed E-state index contributed by atoms with van der Waals surface area (Å²) in [4.78, 5) is 17.2. The molecule has 0 saturated heterocycles. The first-order valence-electron chi connectivity index (χ1n) is 9.97. The summed E-state index contributed by atoms with van der Waals surface area (Å²) in [5.41, 5.74) is 5.10. The molecule has 0 aliphatic carbocycles. The van der Waals surface area contributed by atoms with Crippen LogP contribution in [0.15, 0.2) is 56.3 Å². The van der Waals surface area contributed by atoms with Crippen molar-refractivity contribution in [2.75, 3.05) is 7.11 Å². The van der Waals surface area contributed by atoms with Gasteiger partial charge in [-0.15, -0.1) is 12.8 Å². The molecule has 3 aromatic heterocycles. The standard InChI is InChI=1S/C23H18ClN3O4.C2H2/c1-12-21(13(2)31-26-12)17-8-18-16(9-19(17)29-3)22-20(10-25-18)30-23(28)27(22)11-14-5-4-6-15(24)7-14;1-2/h4-10H,11H2,1-3H3;1-2H. The number of hydrogen-bond acceptors (Lipinski definition) is 6. The second-order valence-corrected chi connectivity index (χ2v) is 7.76. The first kappa shape index (κ1) is 22.2. The molecule has 0 fully saturated rings. The number of halogens is 1. The number of nitrogens with zero attached hydrogens (tertiary/aromatic N) is 3. The maximum atomic E-state index is 12.7. The number of rotatable bonds is 4. The van der Waals surface area contributed by atoms with Crippen molar-refractivity contribution < 1.29 is 13.7 Å². The van der Waals surface area contributed by atoms with Crippen molar-refractivity contribution in [2.24, 2.45) is 0 Å². The highest BCUT2D eigenvalue weighted by atomic mass is 35.5. The van der Waals surface area contributed by atoms with E-state index in [4.69, 9.17) is 25.3 Å². The molecule has 0 radical (unpaired) electrons. The Morgan fingerprint density at radius 2 is 1.97 bits per heavy atom. The molecule has 0 unspecified atom stereocenters. The molecule has 0 atom stereocenters. The van der Waals surface area contributed by atoms with E-state index in [2.05, 4.69) is 23.0 Å². The van der Waals surface area contributed by atoms with Crippen molar-refractivity contribution in [1.82, 2.24) is 14.7 Å². The predicted octanol–water partition coefficient (Wildman–Crippen LogP) is 5.37. The number of fused-ring (bicyclic) bond motifs is 3. The highest BCUT2D eigenvalue weighted by molar-refractivity contribution is 6.30. The van der Waals surface area contributed by atoms with Crippen LogP contribution in [0.4, 0.5) is 0 Å². The number of benzene rings is 2. The second kappa shape index (κ2) is 8.85. The Hall–Kier alpha value is -4.02. The average Bonchev–Trinajstić information content (AvgIpc) is 3.32. The Balaban J connectivity index is 0.00000126. The molecule has 7 nitrogen and oxygen atoms in total. The highest BCUT2D eigenvalue weighted by Gasteiger charge is 2.20. The molecule has 0 saturated carbocycles. The largest absolute Gasteiger partial charge is 0.496 e. The molecule has 5 aromatic rings. The zero-order chi connectivity index (χ0) is 23.7. The van der Waals surface area contributed by atoms with Crippen LogP contribution < -0.4 is 10.5 Å². The van der Waals surface area contributed by atoms with Gasteiger partial charge in [0.2, 0.25) is 0 Å². The second-order valence-electron chi connectivity index (χ2n) is 7.32. The van der Waals surface area contributed by atoms with Crippen molar-refractivity contribution in [3.8, 4) is 29.7 Å². The molecule has 0 amide bonds. The molecule has 0 aliphatic heterocycles. The summed E-state index contributed by atoms with van der Waals surface area (Å²) in [5.74, 6) is 0.856. The van der Waals surface area contributed by atoms with Crippen LogP contribution in [-0.4, -0.2) is 21.8 Å². The van der Waals surface area contributed by atoms with E-state index in [1.54, 1.807) is 23.9 Å². The lowest BCUT2D eigenvalue weighted by Crippen LogP contribution is -2.15. The van der Waals surface area contributed by atoms with Gasteiger partial charge in [0.05, 0.1) is 36.6 Å². The summed E-state index contributed by atoms with van der Waals surface area (Å²) in [6.45, 7) is 4.05. The molecule has 0 aliphatic rings. The number of hydrogen-bond donors (Lipinski definition) is 0. The summed E-state index contributed by atoms with van der Waals surface area (Å²) in [6, 6.07) is 11.2. The summed E-state index contributed by atoms with van der Waals surface area (Å²) >= 11 is 6.12. The summed E-state index contributed by atoms with van der Waals surface area (Å²) in [5, 5.41) is 5.40. The van der Waals surface area contributed by atoms with Gasteiger partial charge in [-0.3, -0.25) is 9.55 Å². The minimum absolute atomic E-state index is 0.319. The SMILES string of the molecule is C#C.COc1cc2c(cc1-c1c(C)noc1C)ncc1oc(=O)n(Cc3cccc(Cl)c3)c12. The van der Waals surface area contributed by atoms with Crippen LogP contribution in [0.5, 0.6) is 5.75 Å². The Morgan fingerprint density at radius 1 is 1.18 bits per heavy atom. The van der Waals surface area contributed by atoms with Gasteiger partial charge in [0.1, 0.15) is 17.0 Å². The van der Waals surface area contributed by atoms with E-state index >= 15 is 0 Å². The number of methoxy groups -OCH3 is 1. The predicted molar refractivity (Wildman–Crippen MR) is 128 cm³/mol. The molecule has 2 aromatic carbocycles. The lowest BCUT2D eigenvalue weighted by Gasteiger charge is -2.11. The zero-order valence-corrected chi connectivity index (χ0v) is 19.0. The van der Waals surface area contributed by atoms with Crippen LogP contribution in [0.3, 0.4) is 0 Å². The summed E-state index contributed by atoms with van der Waals surface area (Å²) in [7, 11) is 1.60. The Kier molecular flexibility index (Phi) is 5.95. The van der Waals surface area contributed by atoms with Gasteiger partial charge >= 0.3 is 5.76 Å². The van der Waals surface area contributed by atoms with Gasteiger partial charge in [-0.05, 0) is 43.7 Å². The molecule has 8 heteroatoms. The van der Waals surface area contributed by atoms with Gasteiger partial charge in [0, 0.05) is 16.0 Å². The van der Waals surface area contributed by atoms with E-state index in [0.29, 0.717) is 39.7 Å². The number of aryl methyl sites for hydroxylation is 2. The minimum Gasteiger partial charge on any atom is -0.496 e. The third-order valence-electron chi connectivity index (χ3n) is 5.35. The number of oxazole rings is 1. The fraction of sp³-hybridized carbons (Fsp3) is 0.160. The maximum Gasteiger partial charge on any atom is 0.420 e. The van der Waals surface area contributed by atoms with E-state index in [0.717, 1.165) is 27.8 Å². The molecule has 0 N–H and O–H groups in total. The minimum atomic E-state index is -0.460. The normalized spacial score (nSPS) is 10.8. The average molecular weight is 462 g/mol. The molecule has 5 rings (SSSR count). The Morgan fingerprint density at radius 3 is 2.64 bits per heavy atom. The molecule has 3 heterocycles. The fourth-order valence-corrected chi connectivity index (χ4v) is 4.19. The van der Waals surface area contributed by atoms with E-state index in [1.165, 1.54) is 0 Å². The lowest BCUT2D eigenvalue weighted by atomic mass is 10.0. The van der Waals surface area contributed by atoms with Crippen molar-refractivity contribution in [1.29, 1.82) is 0 Å². The van der Waals surface area contributed by atoms with Crippen molar-refractivity contribution in [2.45, 2.75) is 20.4 Å². The molecular formula is C25H20ClN3O4. The Bertz CT molecular complexity index is 1540. The molecular weight excluding hydrogens is 442 g/mol. The van der Waals surface area contributed by atoms with Crippen molar-refractivity contribution >= 4 is 33.6 Å². The lowest BCUT2D eigenvalue weighted by molar-refractivity contribution is 0.393. The van der Waals surface area contributed by atoms with E-state index in [1.807, 2.05) is 44.2 Å². The van der Waals surface area contributed by atoms with E-state index in [9.17, 15) is 4.79 Å². The van der Waals surface area contributed by atoms with Gasteiger partial charge in [-0.25, -0.2) is 4.79 Å². The summed E-state index contributed by atoms with van der Waals surface area (Å²) < 4.78 is 18.1. The zero-order valence-electron chi connectivity index (χ0n) is 18.3. The van der Waals surface area contributed by atoms with Gasteiger partial charge in [-0.2, -0.15) is 0 Å². The number of ether oxygens (including phenoxy) is 1. The van der Waals surface area contributed by atoms with Gasteiger partial charge in [0.25, 0.3) is 0 Å².